The molecule has 0 saturated carbocycles. The lowest BCUT2D eigenvalue weighted by molar-refractivity contribution is -0.133. The van der Waals surface area contributed by atoms with Gasteiger partial charge in [0.25, 0.3) is 5.91 Å². The molecule has 3 aromatic rings. The molecule has 3 N–H and O–H groups in total. The molecule has 1 aliphatic rings. The van der Waals surface area contributed by atoms with E-state index in [1.807, 2.05) is 32.0 Å². The van der Waals surface area contributed by atoms with Gasteiger partial charge in [-0.2, -0.15) is 0 Å². The van der Waals surface area contributed by atoms with Gasteiger partial charge >= 0.3 is 0 Å². The molecule has 0 radical (unpaired) electrons. The van der Waals surface area contributed by atoms with Crippen LogP contribution in [0.1, 0.15) is 35.5 Å². The van der Waals surface area contributed by atoms with Crippen LogP contribution >= 0.6 is 11.6 Å². The first-order valence-electron chi connectivity index (χ1n) is 10.2. The summed E-state index contributed by atoms with van der Waals surface area (Å²) in [5.41, 5.74) is 4.63. The molecule has 0 spiro atoms. The van der Waals surface area contributed by atoms with Gasteiger partial charge in [-0.1, -0.05) is 43.6 Å². The summed E-state index contributed by atoms with van der Waals surface area (Å²) in [4.78, 5) is 29.0. The minimum atomic E-state index is -2.11. The van der Waals surface area contributed by atoms with E-state index in [9.17, 15) is 14.7 Å². The van der Waals surface area contributed by atoms with Gasteiger partial charge in [-0.3, -0.25) is 9.59 Å². The number of furan rings is 1. The number of halogens is 1. The van der Waals surface area contributed by atoms with E-state index in [1.165, 1.54) is 17.0 Å². The van der Waals surface area contributed by atoms with Crippen molar-refractivity contribution < 1.29 is 19.1 Å². The van der Waals surface area contributed by atoms with Gasteiger partial charge in [-0.25, -0.2) is 0 Å². The Morgan fingerprint density at radius 2 is 1.94 bits per heavy atom. The Bertz CT molecular complexity index is 1140. The van der Waals surface area contributed by atoms with Crippen LogP contribution in [0.25, 0.3) is 11.0 Å². The maximum atomic E-state index is 13.6. The van der Waals surface area contributed by atoms with Gasteiger partial charge in [-0.05, 0) is 37.4 Å². The fourth-order valence-corrected chi connectivity index (χ4v) is 4.46. The smallest absolute Gasteiger partial charge is 0.271 e. The number of anilines is 1. The Labute approximate surface area is 185 Å². The summed E-state index contributed by atoms with van der Waals surface area (Å²) in [7, 11) is 0. The Kier molecular flexibility index (Phi) is 5.51. The summed E-state index contributed by atoms with van der Waals surface area (Å²) >= 11 is 6.50. The molecule has 7 nitrogen and oxygen atoms in total. The SMILES string of the molecule is CCN(CC)CCN1C(=O)C(O)(c2cc3ccccc3o2)c2c(Cl)cc(C(N)=O)cc21. The van der Waals surface area contributed by atoms with Crippen molar-refractivity contribution >= 4 is 40.1 Å². The fourth-order valence-electron chi connectivity index (χ4n) is 4.11. The summed E-state index contributed by atoms with van der Waals surface area (Å²) in [5.74, 6) is -1.16. The highest BCUT2D eigenvalue weighted by Crippen LogP contribution is 2.49. The second-order valence-corrected chi connectivity index (χ2v) is 7.97. The van der Waals surface area contributed by atoms with Crippen molar-refractivity contribution in [1.29, 1.82) is 0 Å². The molecule has 2 heterocycles. The molecule has 1 atom stereocenters. The molecule has 1 unspecified atom stereocenters. The summed E-state index contributed by atoms with van der Waals surface area (Å²) in [6.45, 7) is 6.62. The number of carbonyl (C=O) groups is 2. The molecule has 8 heteroatoms. The van der Waals surface area contributed by atoms with Crippen molar-refractivity contribution in [3.05, 3.63) is 64.4 Å². The van der Waals surface area contributed by atoms with Gasteiger partial charge in [0.15, 0.2) is 5.76 Å². The molecule has 31 heavy (non-hydrogen) atoms. The molecule has 0 aliphatic carbocycles. The average molecular weight is 442 g/mol. The number of carbonyl (C=O) groups excluding carboxylic acids is 2. The van der Waals surface area contributed by atoms with E-state index in [0.29, 0.717) is 24.4 Å². The predicted octanol–water partition coefficient (Wildman–Crippen LogP) is 3.11. The molecule has 2 aromatic carbocycles. The fraction of sp³-hybridized carbons (Fsp3) is 0.304. The number of rotatable bonds is 7. The van der Waals surface area contributed by atoms with Gasteiger partial charge in [0, 0.05) is 29.6 Å². The minimum absolute atomic E-state index is 0.0768. The lowest BCUT2D eigenvalue weighted by atomic mass is 9.91. The van der Waals surface area contributed by atoms with Crippen molar-refractivity contribution in [3.8, 4) is 0 Å². The molecule has 2 amide bonds. The van der Waals surface area contributed by atoms with Crippen molar-refractivity contribution in [2.24, 2.45) is 5.73 Å². The van der Waals surface area contributed by atoms with Gasteiger partial charge in [0.05, 0.1) is 10.7 Å². The van der Waals surface area contributed by atoms with Crippen LogP contribution in [0.4, 0.5) is 5.69 Å². The highest BCUT2D eigenvalue weighted by atomic mass is 35.5. The van der Waals surface area contributed by atoms with Gasteiger partial charge in [-0.15, -0.1) is 0 Å². The lowest BCUT2D eigenvalue weighted by Crippen LogP contribution is -2.44. The second kappa shape index (κ2) is 8.00. The maximum Gasteiger partial charge on any atom is 0.271 e. The number of para-hydroxylation sites is 1. The van der Waals surface area contributed by atoms with Crippen LogP contribution in [0.5, 0.6) is 0 Å². The summed E-state index contributed by atoms with van der Waals surface area (Å²) in [6.07, 6.45) is 0. The van der Waals surface area contributed by atoms with Crippen LogP contribution in [0.15, 0.2) is 46.9 Å². The number of aliphatic hydroxyl groups is 1. The highest BCUT2D eigenvalue weighted by molar-refractivity contribution is 6.33. The van der Waals surface area contributed by atoms with Crippen molar-refractivity contribution in [3.63, 3.8) is 0 Å². The van der Waals surface area contributed by atoms with E-state index in [1.54, 1.807) is 12.1 Å². The van der Waals surface area contributed by atoms with E-state index in [-0.39, 0.29) is 21.9 Å². The topological polar surface area (TPSA) is 100 Å². The number of hydrogen-bond acceptors (Lipinski definition) is 5. The molecular formula is C23H24ClN3O4. The number of primary amides is 1. The zero-order valence-electron chi connectivity index (χ0n) is 17.4. The van der Waals surface area contributed by atoms with Crippen molar-refractivity contribution in [2.75, 3.05) is 31.1 Å². The molecular weight excluding hydrogens is 418 g/mol. The van der Waals surface area contributed by atoms with E-state index < -0.39 is 17.4 Å². The first-order chi connectivity index (χ1) is 14.8. The molecule has 1 aliphatic heterocycles. The Morgan fingerprint density at radius 3 is 2.58 bits per heavy atom. The molecule has 162 valence electrons. The van der Waals surface area contributed by atoms with Crippen LogP contribution < -0.4 is 10.6 Å². The van der Waals surface area contributed by atoms with Crippen LogP contribution in [0, 0.1) is 0 Å². The zero-order valence-corrected chi connectivity index (χ0v) is 18.1. The van der Waals surface area contributed by atoms with E-state index in [0.717, 1.165) is 18.5 Å². The first-order valence-corrected chi connectivity index (χ1v) is 10.6. The third kappa shape index (κ3) is 3.39. The zero-order chi connectivity index (χ0) is 22.3. The van der Waals surface area contributed by atoms with E-state index in [4.69, 9.17) is 21.8 Å². The third-order valence-corrected chi connectivity index (χ3v) is 6.18. The van der Waals surface area contributed by atoms with Crippen molar-refractivity contribution in [1.82, 2.24) is 4.90 Å². The largest absolute Gasteiger partial charge is 0.457 e. The average Bonchev–Trinajstić information content (AvgIpc) is 3.28. The molecule has 4 rings (SSSR count). The minimum Gasteiger partial charge on any atom is -0.457 e. The van der Waals surface area contributed by atoms with Crippen LogP contribution in [-0.4, -0.2) is 48.0 Å². The van der Waals surface area contributed by atoms with E-state index in [2.05, 4.69) is 4.90 Å². The Morgan fingerprint density at radius 1 is 1.23 bits per heavy atom. The maximum absolute atomic E-state index is 13.6. The summed E-state index contributed by atoms with van der Waals surface area (Å²) < 4.78 is 5.87. The summed E-state index contributed by atoms with van der Waals surface area (Å²) in [6, 6.07) is 11.8. The molecule has 1 aromatic heterocycles. The number of amides is 2. The molecule has 0 fully saturated rings. The predicted molar refractivity (Wildman–Crippen MR) is 119 cm³/mol. The monoisotopic (exact) mass is 441 g/mol. The second-order valence-electron chi connectivity index (χ2n) is 7.56. The number of benzene rings is 2. The van der Waals surface area contributed by atoms with Crippen LogP contribution in [0.3, 0.4) is 0 Å². The van der Waals surface area contributed by atoms with Gasteiger partial charge in [0.2, 0.25) is 11.5 Å². The Balaban J connectivity index is 1.88. The first kappa shape index (κ1) is 21.4. The van der Waals surface area contributed by atoms with Crippen molar-refractivity contribution in [2.45, 2.75) is 19.4 Å². The number of likely N-dealkylation sites (N-methyl/N-ethyl adjacent to an activating group) is 1. The van der Waals surface area contributed by atoms with Crippen LogP contribution in [0.2, 0.25) is 5.02 Å². The van der Waals surface area contributed by atoms with E-state index >= 15 is 0 Å². The normalized spacial score (nSPS) is 18.2. The van der Waals surface area contributed by atoms with Gasteiger partial charge in [0.1, 0.15) is 5.58 Å². The quantitative estimate of drug-likeness (QED) is 0.586. The Hall–Kier alpha value is -2.87. The molecule has 0 saturated heterocycles. The number of hydrogen-bond donors (Lipinski definition) is 2. The number of fused-ring (bicyclic) bond motifs is 2. The highest BCUT2D eigenvalue weighted by Gasteiger charge is 2.55. The van der Waals surface area contributed by atoms with Crippen LogP contribution in [-0.2, 0) is 10.4 Å². The number of nitrogens with zero attached hydrogens (tertiary/aromatic N) is 2. The number of nitrogens with two attached hydrogens (primary N) is 1. The molecule has 0 bridgehead atoms. The third-order valence-electron chi connectivity index (χ3n) is 5.88. The standard InChI is InChI=1S/C23H24ClN3O4/c1-3-26(4-2)9-10-27-17-12-15(21(25)28)11-16(24)20(17)23(30,22(27)29)19-13-14-7-5-6-8-18(14)31-19/h5-8,11-13,30H,3-4,9-10H2,1-2H3,(H2,25,28). The van der Waals surface area contributed by atoms with Gasteiger partial charge < -0.3 is 25.1 Å². The summed E-state index contributed by atoms with van der Waals surface area (Å²) in [5, 5.41) is 12.6. The lowest BCUT2D eigenvalue weighted by Gasteiger charge is -2.25.